The van der Waals surface area contributed by atoms with E-state index in [2.05, 4.69) is 5.32 Å². The third kappa shape index (κ3) is 2.18. The molecule has 1 amide bonds. The molecule has 17 heavy (non-hydrogen) atoms. The lowest BCUT2D eigenvalue weighted by Gasteiger charge is -2.35. The van der Waals surface area contributed by atoms with Gasteiger partial charge in [0.2, 0.25) is 5.91 Å². The van der Waals surface area contributed by atoms with E-state index in [0.29, 0.717) is 24.5 Å². The highest BCUT2D eigenvalue weighted by molar-refractivity contribution is 6.52. The average Bonchev–Trinajstić information content (AvgIpc) is 2.80. The van der Waals surface area contributed by atoms with Gasteiger partial charge in [-0.3, -0.25) is 4.79 Å². The highest BCUT2D eigenvalue weighted by Gasteiger charge is 2.57. The number of piperidine rings is 1. The summed E-state index contributed by atoms with van der Waals surface area (Å²) in [5.74, 6) is -0.0512. The van der Waals surface area contributed by atoms with Crippen LogP contribution in [0, 0.1) is 5.92 Å². The number of hydrogen-bond donors (Lipinski definition) is 1. The fourth-order valence-corrected chi connectivity index (χ4v) is 3.75. The van der Waals surface area contributed by atoms with Crippen LogP contribution in [0.1, 0.15) is 32.1 Å². The summed E-state index contributed by atoms with van der Waals surface area (Å²) in [5, 5.41) is 3.59. The van der Waals surface area contributed by atoms with Crippen molar-refractivity contribution >= 4 is 29.1 Å². The SMILES string of the molecule is CN(C(=O)[C@@H]1CC1(Cl)Cl)C1C[C@H]2CC[C@@H](C1)N2. The maximum Gasteiger partial charge on any atom is 0.228 e. The van der Waals surface area contributed by atoms with E-state index in [0.717, 1.165) is 12.8 Å². The van der Waals surface area contributed by atoms with Gasteiger partial charge in [0.25, 0.3) is 0 Å². The molecule has 0 aromatic rings. The van der Waals surface area contributed by atoms with Crippen molar-refractivity contribution < 1.29 is 4.79 Å². The van der Waals surface area contributed by atoms with Gasteiger partial charge in [-0.05, 0) is 32.1 Å². The Morgan fingerprint density at radius 3 is 2.29 bits per heavy atom. The van der Waals surface area contributed by atoms with Crippen LogP contribution in [0.2, 0.25) is 0 Å². The molecule has 5 heteroatoms. The predicted molar refractivity (Wildman–Crippen MR) is 68.3 cm³/mol. The Morgan fingerprint density at radius 2 is 1.82 bits per heavy atom. The Balaban J connectivity index is 1.63. The number of fused-ring (bicyclic) bond motifs is 2. The smallest absolute Gasteiger partial charge is 0.228 e. The van der Waals surface area contributed by atoms with Crippen molar-refractivity contribution in [1.82, 2.24) is 10.2 Å². The molecule has 4 atom stereocenters. The summed E-state index contributed by atoms with van der Waals surface area (Å²) in [4.78, 5) is 14.1. The maximum absolute atomic E-state index is 12.2. The quantitative estimate of drug-likeness (QED) is 0.782. The van der Waals surface area contributed by atoms with Crippen LogP contribution in [0.3, 0.4) is 0 Å². The fourth-order valence-electron chi connectivity index (χ4n) is 3.25. The third-order valence-corrected chi connectivity index (χ3v) is 5.30. The van der Waals surface area contributed by atoms with E-state index < -0.39 is 4.33 Å². The molecule has 3 aliphatic rings. The maximum atomic E-state index is 12.2. The van der Waals surface area contributed by atoms with Gasteiger partial charge in [-0.15, -0.1) is 23.2 Å². The summed E-state index contributed by atoms with van der Waals surface area (Å²) in [5.41, 5.74) is 0. The number of hydrogen-bond acceptors (Lipinski definition) is 2. The zero-order valence-electron chi connectivity index (χ0n) is 9.96. The summed E-state index contributed by atoms with van der Waals surface area (Å²) in [6.45, 7) is 0. The Morgan fingerprint density at radius 1 is 1.29 bits per heavy atom. The first-order valence-electron chi connectivity index (χ1n) is 6.38. The van der Waals surface area contributed by atoms with Gasteiger partial charge < -0.3 is 10.2 Å². The average molecular weight is 277 g/mol. The van der Waals surface area contributed by atoms with Crippen molar-refractivity contribution in [2.45, 2.75) is 54.6 Å². The number of carbonyl (C=O) groups is 1. The first-order valence-corrected chi connectivity index (χ1v) is 7.13. The largest absolute Gasteiger partial charge is 0.342 e. The molecule has 2 heterocycles. The van der Waals surface area contributed by atoms with Crippen molar-refractivity contribution in [2.75, 3.05) is 7.05 Å². The number of carbonyl (C=O) groups excluding carboxylic acids is 1. The van der Waals surface area contributed by atoms with Gasteiger partial charge in [0.1, 0.15) is 4.33 Å². The van der Waals surface area contributed by atoms with Crippen LogP contribution in [0.25, 0.3) is 0 Å². The molecule has 3 nitrogen and oxygen atoms in total. The van der Waals surface area contributed by atoms with E-state index in [-0.39, 0.29) is 11.8 Å². The Labute approximate surface area is 112 Å². The molecule has 1 unspecified atom stereocenters. The second kappa shape index (κ2) is 4.01. The van der Waals surface area contributed by atoms with Crippen molar-refractivity contribution in [3.63, 3.8) is 0 Å². The molecule has 1 aliphatic carbocycles. The highest BCUT2D eigenvalue weighted by Crippen LogP contribution is 2.54. The molecule has 0 spiro atoms. The monoisotopic (exact) mass is 276 g/mol. The topological polar surface area (TPSA) is 32.3 Å². The van der Waals surface area contributed by atoms with E-state index >= 15 is 0 Å². The van der Waals surface area contributed by atoms with Gasteiger partial charge in [0.15, 0.2) is 0 Å². The van der Waals surface area contributed by atoms with E-state index in [1.54, 1.807) is 0 Å². The van der Waals surface area contributed by atoms with Crippen molar-refractivity contribution in [3.8, 4) is 0 Å². The summed E-state index contributed by atoms with van der Waals surface area (Å²) < 4.78 is -0.794. The number of rotatable bonds is 2. The number of halogens is 2. The lowest BCUT2D eigenvalue weighted by atomic mass is 9.98. The molecule has 2 saturated heterocycles. The fraction of sp³-hybridized carbons (Fsp3) is 0.917. The number of nitrogens with one attached hydrogen (secondary N) is 1. The second-order valence-corrected chi connectivity index (χ2v) is 7.27. The Hall–Kier alpha value is 0.01000. The van der Waals surface area contributed by atoms with Gasteiger partial charge in [-0.25, -0.2) is 0 Å². The summed E-state index contributed by atoms with van der Waals surface area (Å²) in [7, 11) is 1.90. The van der Waals surface area contributed by atoms with Crippen LogP contribution < -0.4 is 5.32 Å². The van der Waals surface area contributed by atoms with Gasteiger partial charge in [0.05, 0.1) is 5.92 Å². The highest BCUT2D eigenvalue weighted by atomic mass is 35.5. The molecular formula is C12H18Cl2N2O. The molecular weight excluding hydrogens is 259 g/mol. The molecule has 1 N–H and O–H groups in total. The lowest BCUT2D eigenvalue weighted by molar-refractivity contribution is -0.134. The second-order valence-electron chi connectivity index (χ2n) is 5.73. The molecule has 0 aromatic carbocycles. The zero-order chi connectivity index (χ0) is 12.2. The van der Waals surface area contributed by atoms with Gasteiger partial charge in [-0.2, -0.15) is 0 Å². The molecule has 3 fully saturated rings. The number of amides is 1. The first-order chi connectivity index (χ1) is 7.97. The van der Waals surface area contributed by atoms with Crippen molar-refractivity contribution in [1.29, 1.82) is 0 Å². The minimum absolute atomic E-state index is 0.126. The van der Waals surface area contributed by atoms with Crippen LogP contribution in [-0.2, 0) is 4.79 Å². The molecule has 0 radical (unpaired) electrons. The first kappa shape index (κ1) is 12.1. The van der Waals surface area contributed by atoms with Crippen LogP contribution >= 0.6 is 23.2 Å². The summed E-state index contributed by atoms with van der Waals surface area (Å²) >= 11 is 11.9. The minimum Gasteiger partial charge on any atom is -0.342 e. The molecule has 2 aliphatic heterocycles. The van der Waals surface area contributed by atoms with Crippen molar-refractivity contribution in [3.05, 3.63) is 0 Å². The van der Waals surface area contributed by atoms with Gasteiger partial charge >= 0.3 is 0 Å². The molecule has 96 valence electrons. The van der Waals surface area contributed by atoms with Gasteiger partial charge in [-0.1, -0.05) is 0 Å². The minimum atomic E-state index is -0.794. The van der Waals surface area contributed by atoms with E-state index in [9.17, 15) is 4.79 Å². The lowest BCUT2D eigenvalue weighted by Crippen LogP contribution is -2.49. The van der Waals surface area contributed by atoms with Crippen LogP contribution in [-0.4, -0.2) is 40.3 Å². The predicted octanol–water partition coefficient (Wildman–Crippen LogP) is 1.92. The summed E-state index contributed by atoms with van der Waals surface area (Å²) in [6, 6.07) is 1.57. The van der Waals surface area contributed by atoms with E-state index in [4.69, 9.17) is 23.2 Å². The molecule has 1 saturated carbocycles. The summed E-state index contributed by atoms with van der Waals surface area (Å²) in [6.07, 6.45) is 5.26. The normalized spacial score (nSPS) is 42.3. The van der Waals surface area contributed by atoms with Crippen LogP contribution in [0.15, 0.2) is 0 Å². The number of alkyl halides is 2. The number of nitrogens with zero attached hydrogens (tertiary/aromatic N) is 1. The van der Waals surface area contributed by atoms with Gasteiger partial charge in [0, 0.05) is 25.2 Å². The standard InChI is InChI=1S/C12H18Cl2N2O/c1-16(11(17)10-6-12(10,13)14)9-4-7-2-3-8(5-9)15-7/h7-10,15H,2-6H2,1H3/t7-,8+,9?,10-/m0/s1. The van der Waals surface area contributed by atoms with Crippen molar-refractivity contribution in [2.24, 2.45) is 5.92 Å². The Bertz CT molecular complexity index is 335. The zero-order valence-corrected chi connectivity index (χ0v) is 11.5. The molecule has 3 rings (SSSR count). The Kier molecular flexibility index (Phi) is 2.84. The van der Waals surface area contributed by atoms with Crippen LogP contribution in [0.4, 0.5) is 0 Å². The third-order valence-electron chi connectivity index (χ3n) is 4.47. The van der Waals surface area contributed by atoms with Crippen LogP contribution in [0.5, 0.6) is 0 Å². The molecule has 2 bridgehead atoms. The van der Waals surface area contributed by atoms with E-state index in [1.165, 1.54) is 12.8 Å². The van der Waals surface area contributed by atoms with E-state index in [1.807, 2.05) is 11.9 Å². The molecule has 0 aromatic heterocycles.